The molecule has 132 valence electrons. The molecular weight excluding hydrogens is 352 g/mol. The molecule has 0 saturated heterocycles. The normalized spacial score (nSPS) is 10.5. The van der Waals surface area contributed by atoms with Gasteiger partial charge in [0.15, 0.2) is 5.76 Å². The molecule has 2 aromatic heterocycles. The average Bonchev–Trinajstić information content (AvgIpc) is 3.29. The molecule has 7 nitrogen and oxygen atoms in total. The molecule has 0 aliphatic rings. The van der Waals surface area contributed by atoms with Crippen molar-refractivity contribution in [2.75, 3.05) is 5.32 Å². The minimum Gasteiger partial charge on any atom is -0.484 e. The second-order valence-corrected chi connectivity index (χ2v) is 6.73. The van der Waals surface area contributed by atoms with E-state index in [4.69, 9.17) is 14.4 Å². The summed E-state index contributed by atoms with van der Waals surface area (Å²) in [4.78, 5) is 12.2. The topological polar surface area (TPSA) is 101 Å². The summed E-state index contributed by atoms with van der Waals surface area (Å²) in [6.45, 7) is 4.13. The lowest BCUT2D eigenvalue weighted by atomic mass is 10.2. The number of aromatic nitrogens is 2. The standard InChI is InChI=1S/C18H16N4O3S/c1-11(2)17-21-22-18(26-17)20-16(23)15-8-7-13(25-15)10-24-14-6-4-3-5-12(14)9-19/h3-8,11H,10H2,1-2H3,(H,20,22,23). The number of nitrogens with one attached hydrogen (secondary N) is 1. The van der Waals surface area contributed by atoms with Crippen LogP contribution in [0.15, 0.2) is 40.8 Å². The van der Waals surface area contributed by atoms with Gasteiger partial charge in [-0.15, -0.1) is 10.2 Å². The van der Waals surface area contributed by atoms with Gasteiger partial charge in [-0.1, -0.05) is 37.3 Å². The van der Waals surface area contributed by atoms with Gasteiger partial charge in [0.2, 0.25) is 5.13 Å². The van der Waals surface area contributed by atoms with Crippen molar-refractivity contribution < 1.29 is 13.9 Å². The molecule has 1 aromatic carbocycles. The molecule has 3 aromatic rings. The fourth-order valence-corrected chi connectivity index (χ4v) is 2.83. The number of ether oxygens (including phenoxy) is 1. The molecule has 3 rings (SSSR count). The summed E-state index contributed by atoms with van der Waals surface area (Å²) < 4.78 is 11.1. The molecular formula is C18H16N4O3S. The van der Waals surface area contributed by atoms with Crippen LogP contribution in [0.25, 0.3) is 0 Å². The third-order valence-electron chi connectivity index (χ3n) is 3.42. The number of rotatable bonds is 6. The molecule has 0 fully saturated rings. The van der Waals surface area contributed by atoms with Gasteiger partial charge in [-0.3, -0.25) is 10.1 Å². The number of benzene rings is 1. The zero-order valence-electron chi connectivity index (χ0n) is 14.2. The van der Waals surface area contributed by atoms with Gasteiger partial charge in [-0.25, -0.2) is 0 Å². The zero-order valence-corrected chi connectivity index (χ0v) is 15.0. The van der Waals surface area contributed by atoms with Crippen molar-refractivity contribution in [2.45, 2.75) is 26.4 Å². The fourth-order valence-electron chi connectivity index (χ4n) is 2.09. The van der Waals surface area contributed by atoms with E-state index in [1.807, 2.05) is 13.8 Å². The van der Waals surface area contributed by atoms with E-state index < -0.39 is 5.91 Å². The van der Waals surface area contributed by atoms with Crippen LogP contribution in [0.2, 0.25) is 0 Å². The predicted octanol–water partition coefficient (Wildman–Crippen LogP) is 3.96. The summed E-state index contributed by atoms with van der Waals surface area (Å²) >= 11 is 1.33. The third-order valence-corrected chi connectivity index (χ3v) is 4.56. The van der Waals surface area contributed by atoms with Crippen molar-refractivity contribution in [3.8, 4) is 11.8 Å². The van der Waals surface area contributed by atoms with Gasteiger partial charge < -0.3 is 9.15 Å². The number of carbonyl (C=O) groups excluding carboxylic acids is 1. The van der Waals surface area contributed by atoms with E-state index in [-0.39, 0.29) is 18.3 Å². The summed E-state index contributed by atoms with van der Waals surface area (Å²) in [5.41, 5.74) is 0.439. The maximum absolute atomic E-state index is 12.2. The van der Waals surface area contributed by atoms with Crippen LogP contribution >= 0.6 is 11.3 Å². The highest BCUT2D eigenvalue weighted by Crippen LogP contribution is 2.23. The molecule has 0 aliphatic carbocycles. The van der Waals surface area contributed by atoms with E-state index in [2.05, 4.69) is 21.6 Å². The van der Waals surface area contributed by atoms with Crippen LogP contribution in [0.3, 0.4) is 0 Å². The molecule has 0 saturated carbocycles. The van der Waals surface area contributed by atoms with Crippen LogP contribution in [0.5, 0.6) is 5.75 Å². The molecule has 8 heteroatoms. The van der Waals surface area contributed by atoms with Gasteiger partial charge in [0.25, 0.3) is 5.91 Å². The van der Waals surface area contributed by atoms with Gasteiger partial charge in [0.1, 0.15) is 29.2 Å². The van der Waals surface area contributed by atoms with Gasteiger partial charge in [-0.05, 0) is 24.3 Å². The van der Waals surface area contributed by atoms with Crippen LogP contribution in [0, 0.1) is 11.3 Å². The van der Waals surface area contributed by atoms with Gasteiger partial charge in [-0.2, -0.15) is 5.26 Å². The van der Waals surface area contributed by atoms with Crippen molar-refractivity contribution in [3.05, 3.63) is 58.5 Å². The van der Waals surface area contributed by atoms with E-state index >= 15 is 0 Å². The van der Waals surface area contributed by atoms with Crippen molar-refractivity contribution >= 4 is 22.4 Å². The molecule has 0 bridgehead atoms. The Bertz CT molecular complexity index is 955. The lowest BCUT2D eigenvalue weighted by molar-refractivity contribution is 0.0992. The van der Waals surface area contributed by atoms with Crippen LogP contribution in [-0.2, 0) is 6.61 Å². The molecule has 0 unspecified atom stereocenters. The van der Waals surface area contributed by atoms with E-state index in [0.29, 0.717) is 22.2 Å². The van der Waals surface area contributed by atoms with E-state index in [9.17, 15) is 4.79 Å². The van der Waals surface area contributed by atoms with E-state index in [1.165, 1.54) is 11.3 Å². The summed E-state index contributed by atoms with van der Waals surface area (Å²) in [5.74, 6) is 0.941. The molecule has 0 aliphatic heterocycles. The molecule has 0 atom stereocenters. The number of hydrogen-bond donors (Lipinski definition) is 1. The lowest BCUT2D eigenvalue weighted by Crippen LogP contribution is -2.10. The maximum atomic E-state index is 12.2. The number of hydrogen-bond acceptors (Lipinski definition) is 7. The molecule has 0 radical (unpaired) electrons. The number of amides is 1. The van der Waals surface area contributed by atoms with Crippen molar-refractivity contribution in [2.24, 2.45) is 0 Å². The van der Waals surface area contributed by atoms with Crippen LogP contribution in [0.1, 0.15) is 46.7 Å². The Morgan fingerprint density at radius 1 is 1.31 bits per heavy atom. The minimum absolute atomic E-state index is 0.113. The molecule has 1 N–H and O–H groups in total. The van der Waals surface area contributed by atoms with Gasteiger partial charge in [0, 0.05) is 5.92 Å². The second kappa shape index (κ2) is 7.80. The number of nitriles is 1. The third kappa shape index (κ3) is 4.07. The average molecular weight is 368 g/mol. The number of nitrogens with zero attached hydrogens (tertiary/aromatic N) is 3. The first-order chi connectivity index (χ1) is 12.6. The van der Waals surface area contributed by atoms with E-state index in [1.54, 1.807) is 36.4 Å². The second-order valence-electron chi connectivity index (χ2n) is 5.72. The summed E-state index contributed by atoms with van der Waals surface area (Å²) in [5, 5.41) is 21.0. The van der Waals surface area contributed by atoms with Gasteiger partial charge >= 0.3 is 0 Å². The number of carbonyl (C=O) groups is 1. The lowest BCUT2D eigenvalue weighted by Gasteiger charge is -2.05. The number of anilines is 1. The summed E-state index contributed by atoms with van der Waals surface area (Å²) in [6.07, 6.45) is 0. The Labute approximate surface area is 154 Å². The largest absolute Gasteiger partial charge is 0.484 e. The highest BCUT2D eigenvalue weighted by molar-refractivity contribution is 7.15. The van der Waals surface area contributed by atoms with Crippen LogP contribution in [-0.4, -0.2) is 16.1 Å². The zero-order chi connectivity index (χ0) is 18.5. The maximum Gasteiger partial charge on any atom is 0.293 e. The fraction of sp³-hybridized carbons (Fsp3) is 0.222. The first kappa shape index (κ1) is 17.6. The Morgan fingerprint density at radius 3 is 2.85 bits per heavy atom. The van der Waals surface area contributed by atoms with Crippen LogP contribution < -0.4 is 10.1 Å². The number of furan rings is 1. The van der Waals surface area contributed by atoms with Crippen molar-refractivity contribution in [1.29, 1.82) is 5.26 Å². The van der Waals surface area contributed by atoms with Crippen LogP contribution in [0.4, 0.5) is 5.13 Å². The Morgan fingerprint density at radius 2 is 2.12 bits per heavy atom. The van der Waals surface area contributed by atoms with Crippen molar-refractivity contribution in [3.63, 3.8) is 0 Å². The Balaban J connectivity index is 1.62. The minimum atomic E-state index is -0.403. The SMILES string of the molecule is CC(C)c1nnc(NC(=O)c2ccc(COc3ccccc3C#N)o2)s1. The monoisotopic (exact) mass is 368 g/mol. The number of para-hydroxylation sites is 1. The first-order valence-electron chi connectivity index (χ1n) is 7.92. The summed E-state index contributed by atoms with van der Waals surface area (Å²) in [6, 6.07) is 12.2. The van der Waals surface area contributed by atoms with E-state index in [0.717, 1.165) is 5.01 Å². The highest BCUT2D eigenvalue weighted by atomic mass is 32.1. The smallest absolute Gasteiger partial charge is 0.293 e. The van der Waals surface area contributed by atoms with Crippen molar-refractivity contribution in [1.82, 2.24) is 10.2 Å². The first-order valence-corrected chi connectivity index (χ1v) is 8.74. The predicted molar refractivity (Wildman–Crippen MR) is 96.1 cm³/mol. The Kier molecular flexibility index (Phi) is 5.29. The molecule has 1 amide bonds. The molecule has 26 heavy (non-hydrogen) atoms. The quantitative estimate of drug-likeness (QED) is 0.707. The Hall–Kier alpha value is -3.18. The molecule has 2 heterocycles. The highest BCUT2D eigenvalue weighted by Gasteiger charge is 2.15. The molecule has 0 spiro atoms. The summed E-state index contributed by atoms with van der Waals surface area (Å²) in [7, 11) is 0. The van der Waals surface area contributed by atoms with Gasteiger partial charge in [0.05, 0.1) is 5.56 Å².